The molecule has 1 aromatic heterocycles. The Morgan fingerprint density at radius 1 is 1.22 bits per heavy atom. The molecule has 1 aromatic rings. The van der Waals surface area contributed by atoms with Crippen LogP contribution in [0.15, 0.2) is 17.1 Å². The number of nitrogen functional groups attached to an aromatic ring is 1. The van der Waals surface area contributed by atoms with Gasteiger partial charge in [0, 0.05) is 6.20 Å². The smallest absolute Gasteiger partial charge is 0.383 e. The van der Waals surface area contributed by atoms with Gasteiger partial charge < -0.3 is 35.2 Å². The summed E-state index contributed by atoms with van der Waals surface area (Å²) in [7, 11) is -17.2. The monoisotopic (exact) mass is 531 g/mol. The Hall–Kier alpha value is -1.13. The molecule has 5 atom stereocenters. The summed E-state index contributed by atoms with van der Waals surface area (Å²) >= 11 is 0. The summed E-state index contributed by atoms with van der Waals surface area (Å²) in [4.78, 5) is 50.8. The van der Waals surface area contributed by atoms with Crippen molar-refractivity contribution < 1.29 is 65.0 Å². The first kappa shape index (κ1) is 27.1. The molecule has 21 heteroatoms. The predicted octanol–water partition coefficient (Wildman–Crippen LogP) is -0.157. The minimum Gasteiger partial charge on any atom is -0.383 e. The molecule has 0 saturated carbocycles. The van der Waals surface area contributed by atoms with Crippen molar-refractivity contribution in [3.05, 3.63) is 22.7 Å². The number of nitrogens with zero attached hydrogens (tertiary/aromatic N) is 2. The number of aromatic nitrogens is 2. The Balaban J connectivity index is 2.27. The largest absolute Gasteiger partial charge is 0.490 e. The van der Waals surface area contributed by atoms with Crippen molar-refractivity contribution in [2.24, 2.45) is 0 Å². The zero-order valence-corrected chi connectivity index (χ0v) is 18.5. The third-order valence-electron chi connectivity index (χ3n) is 4.13. The van der Waals surface area contributed by atoms with Gasteiger partial charge in [0.15, 0.2) is 6.10 Å². The summed E-state index contributed by atoms with van der Waals surface area (Å²) < 4.78 is 80.1. The normalized spacial score (nSPS) is 29.4. The fourth-order valence-corrected chi connectivity index (χ4v) is 5.76. The molecule has 1 saturated heterocycles. The minimum atomic E-state index is -5.86. The van der Waals surface area contributed by atoms with E-state index in [2.05, 4.69) is 18.1 Å². The van der Waals surface area contributed by atoms with Crippen LogP contribution in [0.25, 0.3) is 0 Å². The molecule has 0 aromatic carbocycles. The van der Waals surface area contributed by atoms with E-state index < -0.39 is 66.0 Å². The van der Waals surface area contributed by atoms with Gasteiger partial charge in [0.1, 0.15) is 11.4 Å². The lowest BCUT2D eigenvalue weighted by atomic mass is 9.93. The average molecular weight is 531 g/mol. The molecule has 0 bridgehead atoms. The lowest BCUT2D eigenvalue weighted by molar-refractivity contribution is -0.145. The van der Waals surface area contributed by atoms with E-state index in [0.717, 1.165) is 12.3 Å². The lowest BCUT2D eigenvalue weighted by Gasteiger charge is -2.30. The van der Waals surface area contributed by atoms with Crippen molar-refractivity contribution in [3.63, 3.8) is 0 Å². The summed E-state index contributed by atoms with van der Waals surface area (Å²) in [5, 5.41) is 10.2. The molecule has 184 valence electrons. The molecule has 1 aliphatic heterocycles. The second kappa shape index (κ2) is 8.91. The fourth-order valence-electron chi connectivity index (χ4n) is 2.68. The van der Waals surface area contributed by atoms with Crippen LogP contribution in [0.4, 0.5) is 14.6 Å². The molecule has 32 heavy (non-hydrogen) atoms. The molecule has 1 aliphatic rings. The van der Waals surface area contributed by atoms with E-state index in [1.54, 1.807) is 0 Å². The third kappa shape index (κ3) is 6.05. The van der Waals surface area contributed by atoms with Gasteiger partial charge in [-0.2, -0.15) is 22.4 Å². The second-order valence-electron chi connectivity index (χ2n) is 6.37. The van der Waals surface area contributed by atoms with Gasteiger partial charge in [-0.1, -0.05) is 6.92 Å². The third-order valence-corrected chi connectivity index (χ3v) is 7.91. The number of phosphoric ester groups is 1. The van der Waals surface area contributed by atoms with E-state index in [1.165, 1.54) is 6.92 Å². The van der Waals surface area contributed by atoms with Gasteiger partial charge in [0.25, 0.3) is 0 Å². The molecule has 0 radical (unpaired) electrons. The molecule has 2 rings (SSSR count). The second-order valence-corrected chi connectivity index (χ2v) is 10.8. The number of aliphatic hydroxyl groups is 1. The van der Waals surface area contributed by atoms with Crippen molar-refractivity contribution in [3.8, 4) is 0 Å². The van der Waals surface area contributed by atoms with Crippen molar-refractivity contribution in [1.82, 2.24) is 9.55 Å². The molecular formula is C11H18F2N3O13P3. The number of halogens is 2. The number of anilines is 1. The van der Waals surface area contributed by atoms with Crippen LogP contribution in [0.3, 0.4) is 0 Å². The Morgan fingerprint density at radius 2 is 1.81 bits per heavy atom. The lowest BCUT2D eigenvalue weighted by Crippen LogP contribution is -2.49. The first-order chi connectivity index (χ1) is 14.3. The van der Waals surface area contributed by atoms with E-state index in [-0.39, 0.29) is 5.82 Å². The maximum atomic E-state index is 14.7. The first-order valence-electron chi connectivity index (χ1n) is 8.21. The molecular weight excluding hydrogens is 513 g/mol. The minimum absolute atomic E-state index is 0.289. The van der Waals surface area contributed by atoms with E-state index >= 15 is 0 Å². The summed E-state index contributed by atoms with van der Waals surface area (Å²) in [5.74, 6) is -4.46. The zero-order chi connectivity index (χ0) is 24.8. The maximum absolute atomic E-state index is 14.7. The van der Waals surface area contributed by atoms with E-state index in [9.17, 15) is 37.3 Å². The first-order valence-corrected chi connectivity index (χ1v) is 12.7. The van der Waals surface area contributed by atoms with Crippen LogP contribution in [-0.2, 0) is 31.6 Å². The van der Waals surface area contributed by atoms with Crippen LogP contribution in [0, 0.1) is 0 Å². The van der Waals surface area contributed by atoms with Gasteiger partial charge >= 0.3 is 35.1 Å². The number of aliphatic hydroxyl groups excluding tert-OH is 1. The molecule has 16 nitrogen and oxygen atoms in total. The molecule has 5 unspecified atom stereocenters. The van der Waals surface area contributed by atoms with Gasteiger partial charge in [0.05, 0.1) is 6.61 Å². The van der Waals surface area contributed by atoms with Crippen molar-refractivity contribution in [1.29, 1.82) is 0 Å². The molecule has 0 aliphatic carbocycles. The average Bonchev–Trinajstić information content (AvgIpc) is 2.78. The van der Waals surface area contributed by atoms with Crippen LogP contribution in [0.2, 0.25) is 0 Å². The Labute approximate surface area is 177 Å². The number of alkyl halides is 2. The Kier molecular flexibility index (Phi) is 7.55. The van der Waals surface area contributed by atoms with Gasteiger partial charge in [-0.05, 0) is 12.5 Å². The quantitative estimate of drug-likeness (QED) is 0.227. The SMILES string of the molecule is CCC1(COP(=O)(O)OP(=O)(O)OP(=O)(O)O)OC(n2ccc(N)nc2=O)C(F)(F)C1O. The topological polar surface area (TPSA) is 250 Å². The van der Waals surface area contributed by atoms with Crippen LogP contribution in [-0.4, -0.2) is 58.5 Å². The number of hydrogen-bond donors (Lipinski definition) is 6. The van der Waals surface area contributed by atoms with Gasteiger partial charge in [0.2, 0.25) is 6.23 Å². The molecule has 7 N–H and O–H groups in total. The maximum Gasteiger partial charge on any atom is 0.490 e. The van der Waals surface area contributed by atoms with E-state index in [4.69, 9.17) is 25.2 Å². The number of ether oxygens (including phenoxy) is 1. The van der Waals surface area contributed by atoms with Crippen molar-refractivity contribution in [2.45, 2.75) is 37.2 Å². The van der Waals surface area contributed by atoms with Crippen molar-refractivity contribution in [2.75, 3.05) is 12.3 Å². The highest BCUT2D eigenvalue weighted by Crippen LogP contribution is 2.66. The van der Waals surface area contributed by atoms with Gasteiger partial charge in [-0.15, -0.1) is 0 Å². The number of nitrogens with two attached hydrogens (primary N) is 1. The summed E-state index contributed by atoms with van der Waals surface area (Å²) in [6.45, 7) is -0.163. The highest BCUT2D eigenvalue weighted by molar-refractivity contribution is 7.66. The summed E-state index contributed by atoms with van der Waals surface area (Å²) in [6.07, 6.45) is -4.89. The highest BCUT2D eigenvalue weighted by atomic mass is 31.3. The highest BCUT2D eigenvalue weighted by Gasteiger charge is 2.67. The van der Waals surface area contributed by atoms with Gasteiger partial charge in [-0.25, -0.2) is 18.5 Å². The van der Waals surface area contributed by atoms with Gasteiger partial charge in [-0.3, -0.25) is 9.09 Å². The molecule has 0 amide bonds. The summed E-state index contributed by atoms with van der Waals surface area (Å²) in [5.41, 5.74) is 1.57. The summed E-state index contributed by atoms with van der Waals surface area (Å²) in [6, 6.07) is 0.991. The van der Waals surface area contributed by atoms with Crippen LogP contribution in [0.1, 0.15) is 19.6 Å². The number of rotatable bonds is 9. The Morgan fingerprint density at radius 3 is 2.31 bits per heavy atom. The van der Waals surface area contributed by atoms with E-state index in [0.29, 0.717) is 4.57 Å². The standard InChI is InChI=1S/C11H18F2N3O13P3/c1-2-10(5-26-31(22,23)29-32(24,25)28-30(19,20)21)7(17)11(12,13)8(27-10)16-4-3-6(14)15-9(16)18/h3-4,7-8,17H,2,5H2,1H3,(H,22,23)(H,24,25)(H2,14,15,18)(H2,19,20,21). The fraction of sp³-hybridized carbons (Fsp3) is 0.636. The zero-order valence-electron chi connectivity index (χ0n) is 15.8. The molecule has 0 spiro atoms. The number of hydrogen-bond acceptors (Lipinski definition) is 11. The van der Waals surface area contributed by atoms with Crippen LogP contribution < -0.4 is 11.4 Å². The Bertz CT molecular complexity index is 1060. The predicted molar refractivity (Wildman–Crippen MR) is 96.8 cm³/mol. The molecule has 1 fully saturated rings. The van der Waals surface area contributed by atoms with Crippen molar-refractivity contribution >= 4 is 29.3 Å². The van der Waals surface area contributed by atoms with E-state index in [1.807, 2.05) is 0 Å². The number of phosphoric acid groups is 3. The van der Waals surface area contributed by atoms with Crippen LogP contribution in [0.5, 0.6) is 0 Å². The van der Waals surface area contributed by atoms with Crippen LogP contribution >= 0.6 is 23.5 Å². The molecule has 2 heterocycles.